The Bertz CT molecular complexity index is 770. The van der Waals surface area contributed by atoms with Crippen LogP contribution in [0, 0.1) is 5.92 Å². The normalized spacial score (nSPS) is 23.7. The van der Waals surface area contributed by atoms with Crippen molar-refractivity contribution in [2.24, 2.45) is 5.92 Å². The number of rotatable bonds is 5. The predicted octanol–water partition coefficient (Wildman–Crippen LogP) is 2.06. The van der Waals surface area contributed by atoms with Crippen molar-refractivity contribution >= 4 is 23.5 Å². The maximum atomic E-state index is 12.8. The van der Waals surface area contributed by atoms with Gasteiger partial charge in [0, 0.05) is 50.9 Å². The van der Waals surface area contributed by atoms with Gasteiger partial charge in [0.25, 0.3) is 5.91 Å². The van der Waals surface area contributed by atoms with Crippen LogP contribution in [0.3, 0.4) is 0 Å². The summed E-state index contributed by atoms with van der Waals surface area (Å²) in [5.74, 6) is -0.996. The van der Waals surface area contributed by atoms with E-state index in [1.54, 1.807) is 11.8 Å². The fourth-order valence-corrected chi connectivity index (χ4v) is 4.86. The Morgan fingerprint density at radius 1 is 1.03 bits per heavy atom. The van der Waals surface area contributed by atoms with Gasteiger partial charge in [0.2, 0.25) is 5.91 Å². The number of para-hydroxylation sites is 1. The highest BCUT2D eigenvalue weighted by Gasteiger charge is 2.40. The Hall–Kier alpha value is -2.57. The zero-order valence-corrected chi connectivity index (χ0v) is 17.7. The second-order valence-electron chi connectivity index (χ2n) is 8.61. The van der Waals surface area contributed by atoms with E-state index in [4.69, 9.17) is 4.74 Å². The summed E-state index contributed by atoms with van der Waals surface area (Å²) in [5, 5.41) is 0. The fraction of sp³-hybridized carbons (Fsp3) is 0.609. The lowest BCUT2D eigenvalue weighted by Gasteiger charge is -2.37. The third kappa shape index (κ3) is 4.45. The van der Waals surface area contributed by atoms with Crippen LogP contribution in [0.5, 0.6) is 0 Å². The van der Waals surface area contributed by atoms with Crippen molar-refractivity contribution in [3.8, 4) is 0 Å². The first-order chi connectivity index (χ1) is 14.5. The van der Waals surface area contributed by atoms with Gasteiger partial charge in [-0.25, -0.2) is 0 Å². The minimum atomic E-state index is -0.823. The Balaban J connectivity index is 1.25. The molecule has 0 bridgehead atoms. The van der Waals surface area contributed by atoms with E-state index in [0.717, 1.165) is 44.5 Å². The first-order valence-electron chi connectivity index (χ1n) is 11.1. The van der Waals surface area contributed by atoms with Crippen molar-refractivity contribution < 1.29 is 19.1 Å². The van der Waals surface area contributed by atoms with E-state index in [2.05, 4.69) is 17.0 Å². The second kappa shape index (κ2) is 9.06. The molecule has 3 fully saturated rings. The van der Waals surface area contributed by atoms with Crippen LogP contribution in [0.25, 0.3) is 0 Å². The molecular weight excluding hydrogens is 382 g/mol. The highest BCUT2D eigenvalue weighted by atomic mass is 16.5. The van der Waals surface area contributed by atoms with Crippen LogP contribution in [-0.2, 0) is 19.1 Å². The monoisotopic (exact) mass is 413 g/mol. The van der Waals surface area contributed by atoms with Gasteiger partial charge in [0.05, 0.1) is 5.92 Å². The van der Waals surface area contributed by atoms with Gasteiger partial charge >= 0.3 is 5.97 Å². The molecule has 0 aromatic heterocycles. The average Bonchev–Trinajstić information content (AvgIpc) is 3.43. The van der Waals surface area contributed by atoms with Crippen molar-refractivity contribution in [2.45, 2.75) is 51.2 Å². The van der Waals surface area contributed by atoms with Crippen molar-refractivity contribution in [1.82, 2.24) is 9.80 Å². The molecule has 2 aliphatic heterocycles. The number of ether oxygens (including phenoxy) is 1. The maximum Gasteiger partial charge on any atom is 0.312 e. The van der Waals surface area contributed by atoms with E-state index >= 15 is 0 Å². The number of carbonyl (C=O) groups excluding carboxylic acids is 3. The minimum Gasteiger partial charge on any atom is -0.452 e. The lowest BCUT2D eigenvalue weighted by Crippen LogP contribution is -2.51. The molecule has 162 valence electrons. The summed E-state index contributed by atoms with van der Waals surface area (Å²) in [6.07, 6.45) is 3.72. The van der Waals surface area contributed by atoms with Crippen molar-refractivity contribution in [2.75, 3.05) is 37.6 Å². The van der Waals surface area contributed by atoms with Gasteiger partial charge in [0.1, 0.15) is 0 Å². The number of likely N-dealkylation sites (tertiary alicyclic amines) is 1. The van der Waals surface area contributed by atoms with E-state index in [9.17, 15) is 14.4 Å². The van der Waals surface area contributed by atoms with Gasteiger partial charge in [0.15, 0.2) is 6.10 Å². The average molecular weight is 414 g/mol. The molecule has 0 spiro atoms. The zero-order valence-electron chi connectivity index (χ0n) is 17.7. The lowest BCUT2D eigenvalue weighted by molar-refractivity contribution is -0.162. The Labute approximate surface area is 177 Å². The van der Waals surface area contributed by atoms with Gasteiger partial charge in [-0.05, 0) is 31.9 Å². The number of benzene rings is 1. The molecule has 2 amide bonds. The van der Waals surface area contributed by atoms with Gasteiger partial charge < -0.3 is 19.4 Å². The zero-order chi connectivity index (χ0) is 21.1. The van der Waals surface area contributed by atoms with Crippen LogP contribution >= 0.6 is 0 Å². The minimum absolute atomic E-state index is 0.0415. The van der Waals surface area contributed by atoms with E-state index in [1.807, 2.05) is 23.1 Å². The molecule has 4 rings (SSSR count). The molecule has 3 aliphatic rings. The van der Waals surface area contributed by atoms with E-state index in [0.29, 0.717) is 19.6 Å². The van der Waals surface area contributed by atoms with Gasteiger partial charge in [-0.2, -0.15) is 0 Å². The largest absolute Gasteiger partial charge is 0.452 e. The number of nitrogens with zero attached hydrogens (tertiary/aromatic N) is 3. The Morgan fingerprint density at radius 3 is 2.37 bits per heavy atom. The Kier molecular flexibility index (Phi) is 6.25. The summed E-state index contributed by atoms with van der Waals surface area (Å²) in [4.78, 5) is 43.6. The molecule has 30 heavy (non-hydrogen) atoms. The van der Waals surface area contributed by atoms with E-state index < -0.39 is 18.0 Å². The number of piperazine rings is 1. The number of carbonyl (C=O) groups is 3. The molecule has 0 unspecified atom stereocenters. The summed E-state index contributed by atoms with van der Waals surface area (Å²) in [7, 11) is 0. The molecular formula is C23H31N3O4. The molecule has 1 aromatic rings. The van der Waals surface area contributed by atoms with Crippen LogP contribution < -0.4 is 4.90 Å². The lowest BCUT2D eigenvalue weighted by atomic mass is 10.1. The Morgan fingerprint density at radius 2 is 1.70 bits per heavy atom. The molecule has 0 N–H and O–H groups in total. The summed E-state index contributed by atoms with van der Waals surface area (Å²) in [6.45, 7) is 4.78. The highest BCUT2D eigenvalue weighted by molar-refractivity contribution is 5.89. The van der Waals surface area contributed by atoms with Crippen LogP contribution in [0.15, 0.2) is 30.3 Å². The van der Waals surface area contributed by atoms with Crippen LogP contribution in [0.4, 0.5) is 5.69 Å². The fourth-order valence-electron chi connectivity index (χ4n) is 4.86. The molecule has 2 atom stereocenters. The maximum absolute atomic E-state index is 12.8. The summed E-state index contributed by atoms with van der Waals surface area (Å²) < 4.78 is 5.50. The van der Waals surface area contributed by atoms with Gasteiger partial charge in [-0.1, -0.05) is 31.0 Å². The van der Waals surface area contributed by atoms with Gasteiger partial charge in [-0.15, -0.1) is 0 Å². The molecule has 0 radical (unpaired) electrons. The number of esters is 1. The van der Waals surface area contributed by atoms with Crippen molar-refractivity contribution in [1.29, 1.82) is 0 Å². The van der Waals surface area contributed by atoms with Crippen molar-refractivity contribution in [3.63, 3.8) is 0 Å². The predicted molar refractivity (Wildman–Crippen MR) is 113 cm³/mol. The summed E-state index contributed by atoms with van der Waals surface area (Å²) >= 11 is 0. The third-order valence-corrected chi connectivity index (χ3v) is 6.61. The smallest absolute Gasteiger partial charge is 0.312 e. The highest BCUT2D eigenvalue weighted by Crippen LogP contribution is 2.30. The van der Waals surface area contributed by atoms with E-state index in [1.165, 1.54) is 0 Å². The first kappa shape index (κ1) is 20.7. The van der Waals surface area contributed by atoms with E-state index in [-0.39, 0.29) is 24.3 Å². The first-order valence-corrected chi connectivity index (χ1v) is 11.1. The second-order valence-corrected chi connectivity index (χ2v) is 8.61. The number of hydrogen-bond donors (Lipinski definition) is 0. The van der Waals surface area contributed by atoms with Gasteiger partial charge in [-0.3, -0.25) is 14.4 Å². The molecule has 2 saturated heterocycles. The van der Waals surface area contributed by atoms with Crippen molar-refractivity contribution in [3.05, 3.63) is 30.3 Å². The molecule has 1 aliphatic carbocycles. The molecule has 1 aromatic carbocycles. The summed E-state index contributed by atoms with van der Waals surface area (Å²) in [5.41, 5.74) is 1.15. The number of anilines is 1. The molecule has 7 heteroatoms. The molecule has 1 saturated carbocycles. The van der Waals surface area contributed by atoms with Crippen LogP contribution in [0.2, 0.25) is 0 Å². The quantitative estimate of drug-likeness (QED) is 0.691. The standard InChI is InChI=1S/C23H31N3O4/c1-17(22(28)25-13-11-24(12-14-25)19-7-3-2-4-8-19)30-23(29)18-15-21(27)26(16-18)20-9-5-6-10-20/h2-4,7-8,17-18,20H,5-6,9-16H2,1H3/t17-,18+/m0/s1. The summed E-state index contributed by atoms with van der Waals surface area (Å²) in [6, 6.07) is 10.4. The number of amides is 2. The SMILES string of the molecule is C[C@H](OC(=O)[C@@H]1CC(=O)N(C2CCCC2)C1)C(=O)N1CCN(c2ccccc2)CC1. The van der Waals surface area contributed by atoms with Crippen LogP contribution in [0.1, 0.15) is 39.0 Å². The molecule has 7 nitrogen and oxygen atoms in total. The molecule has 2 heterocycles. The van der Waals surface area contributed by atoms with Crippen LogP contribution in [-0.4, -0.2) is 72.5 Å². The third-order valence-electron chi connectivity index (χ3n) is 6.61. The number of hydrogen-bond acceptors (Lipinski definition) is 5. The topological polar surface area (TPSA) is 70.2 Å².